The molecular weight excluding hydrogens is 424 g/mol. The highest BCUT2D eigenvalue weighted by Gasteiger charge is 2.23. The average molecular weight is 455 g/mol. The highest BCUT2D eigenvalue weighted by Crippen LogP contribution is 2.27. The molecular formula is C24H30N4O3S. The molecule has 2 aromatic rings. The van der Waals surface area contributed by atoms with Gasteiger partial charge in [-0.3, -0.25) is 4.79 Å². The largest absolute Gasteiger partial charge is 0.369 e. The van der Waals surface area contributed by atoms with Crippen LogP contribution in [0.2, 0.25) is 0 Å². The lowest BCUT2D eigenvalue weighted by Crippen LogP contribution is -2.43. The molecule has 8 heteroatoms. The molecule has 7 nitrogen and oxygen atoms in total. The number of fused-ring (bicyclic) bond motifs is 1. The van der Waals surface area contributed by atoms with Crippen molar-refractivity contribution >= 4 is 27.5 Å². The molecule has 4 rings (SSSR count). The second-order valence-electron chi connectivity index (χ2n) is 8.60. The third kappa shape index (κ3) is 5.55. The molecule has 1 aliphatic carbocycles. The van der Waals surface area contributed by atoms with Crippen LogP contribution in [0, 0.1) is 5.92 Å². The van der Waals surface area contributed by atoms with Gasteiger partial charge in [0.25, 0.3) is 0 Å². The molecule has 1 aliphatic heterocycles. The van der Waals surface area contributed by atoms with Crippen LogP contribution in [0.25, 0.3) is 0 Å². The lowest BCUT2D eigenvalue weighted by atomic mass is 9.90. The van der Waals surface area contributed by atoms with E-state index in [1.807, 2.05) is 24.3 Å². The number of benzene rings is 2. The maximum absolute atomic E-state index is 12.8. The molecule has 0 amide bonds. The molecule has 0 unspecified atom stereocenters. The average Bonchev–Trinajstić information content (AvgIpc) is 2.82. The quantitative estimate of drug-likeness (QED) is 0.596. The van der Waals surface area contributed by atoms with Crippen LogP contribution in [0.1, 0.15) is 53.6 Å². The lowest BCUT2D eigenvalue weighted by molar-refractivity contribution is 0.103. The number of guanidine groups is 1. The van der Waals surface area contributed by atoms with Crippen LogP contribution in [0.5, 0.6) is 0 Å². The van der Waals surface area contributed by atoms with E-state index in [-0.39, 0.29) is 18.1 Å². The summed E-state index contributed by atoms with van der Waals surface area (Å²) in [5.74, 6) is 0.625. The second-order valence-corrected chi connectivity index (χ2v) is 10.5. The van der Waals surface area contributed by atoms with Crippen LogP contribution in [-0.4, -0.2) is 43.9 Å². The maximum atomic E-state index is 12.8. The molecule has 32 heavy (non-hydrogen) atoms. The standard InChI is InChI=1S/C24H30N4O3S/c25-24-27-22-12-11-20(23(29)19-9-5-2-6-10-19)15-21(22)17-28(24)13-14-32(30,31)26-16-18-7-3-1-4-8-18/h2,5-6,9-12,15,18,26H,1,3-4,7-8,13-14,16-17H2,(H2,25,27). The van der Waals surface area contributed by atoms with Gasteiger partial charge in [0, 0.05) is 30.8 Å². The monoisotopic (exact) mass is 454 g/mol. The van der Waals surface area contributed by atoms with Crippen molar-refractivity contribution in [3.05, 3.63) is 65.2 Å². The molecule has 0 radical (unpaired) electrons. The summed E-state index contributed by atoms with van der Waals surface area (Å²) >= 11 is 0. The SMILES string of the molecule is NC1=Nc2ccc(C(=O)c3ccccc3)cc2CN1CCS(=O)(=O)NCC1CCCCC1. The van der Waals surface area contributed by atoms with E-state index in [0.29, 0.717) is 41.8 Å². The molecule has 0 saturated heterocycles. The van der Waals surface area contributed by atoms with Crippen LogP contribution in [-0.2, 0) is 16.6 Å². The smallest absolute Gasteiger partial charge is 0.213 e. The molecule has 2 aliphatic rings. The first kappa shape index (κ1) is 22.5. The van der Waals surface area contributed by atoms with Crippen LogP contribution in [0.4, 0.5) is 5.69 Å². The Kier molecular flexibility index (Phi) is 6.91. The molecule has 0 spiro atoms. The van der Waals surface area contributed by atoms with Crippen LogP contribution in [0.15, 0.2) is 53.5 Å². The predicted octanol–water partition coefficient (Wildman–Crippen LogP) is 3.18. The summed E-state index contributed by atoms with van der Waals surface area (Å²) < 4.78 is 27.8. The Bertz CT molecular complexity index is 1090. The summed E-state index contributed by atoms with van der Waals surface area (Å²) in [7, 11) is -3.40. The third-order valence-electron chi connectivity index (χ3n) is 6.24. The van der Waals surface area contributed by atoms with Crippen molar-refractivity contribution in [1.29, 1.82) is 0 Å². The molecule has 1 heterocycles. The number of carbonyl (C=O) groups excluding carboxylic acids is 1. The van der Waals surface area contributed by atoms with E-state index in [1.54, 1.807) is 29.2 Å². The van der Waals surface area contributed by atoms with E-state index in [9.17, 15) is 13.2 Å². The minimum atomic E-state index is -3.40. The highest BCUT2D eigenvalue weighted by atomic mass is 32.2. The molecule has 1 fully saturated rings. The van der Waals surface area contributed by atoms with Gasteiger partial charge in [-0.15, -0.1) is 0 Å². The molecule has 0 bridgehead atoms. The van der Waals surface area contributed by atoms with Crippen molar-refractivity contribution in [3.63, 3.8) is 0 Å². The van der Waals surface area contributed by atoms with Gasteiger partial charge >= 0.3 is 0 Å². The fourth-order valence-electron chi connectivity index (χ4n) is 4.33. The summed E-state index contributed by atoms with van der Waals surface area (Å²) in [4.78, 5) is 18.9. The van der Waals surface area contributed by atoms with Crippen LogP contribution >= 0.6 is 0 Å². The summed E-state index contributed by atoms with van der Waals surface area (Å²) in [6.45, 7) is 1.17. The topological polar surface area (TPSA) is 105 Å². The summed E-state index contributed by atoms with van der Waals surface area (Å²) in [5.41, 5.74) is 8.86. The van der Waals surface area contributed by atoms with Gasteiger partial charge in [0.05, 0.1) is 11.4 Å². The van der Waals surface area contributed by atoms with Gasteiger partial charge in [0.15, 0.2) is 11.7 Å². The first-order valence-electron chi connectivity index (χ1n) is 11.2. The number of rotatable bonds is 8. The zero-order valence-electron chi connectivity index (χ0n) is 18.2. The first-order chi connectivity index (χ1) is 15.4. The van der Waals surface area contributed by atoms with E-state index >= 15 is 0 Å². The van der Waals surface area contributed by atoms with E-state index < -0.39 is 10.0 Å². The Balaban J connectivity index is 1.39. The molecule has 0 aromatic heterocycles. The fraction of sp³-hybridized carbons (Fsp3) is 0.417. The minimum absolute atomic E-state index is 0.0477. The van der Waals surface area contributed by atoms with Gasteiger partial charge in [0.2, 0.25) is 10.0 Å². The number of hydrogen-bond acceptors (Lipinski definition) is 6. The molecule has 3 N–H and O–H groups in total. The first-order valence-corrected chi connectivity index (χ1v) is 12.9. The Morgan fingerprint density at radius 1 is 1.06 bits per heavy atom. The molecule has 1 saturated carbocycles. The minimum Gasteiger partial charge on any atom is -0.369 e. The van der Waals surface area contributed by atoms with Crippen molar-refractivity contribution in [2.24, 2.45) is 16.6 Å². The van der Waals surface area contributed by atoms with E-state index in [0.717, 1.165) is 18.4 Å². The van der Waals surface area contributed by atoms with Gasteiger partial charge in [0.1, 0.15) is 0 Å². The zero-order chi connectivity index (χ0) is 22.6. The Labute approximate surface area is 189 Å². The summed E-state index contributed by atoms with van der Waals surface area (Å²) in [5, 5.41) is 0. The summed E-state index contributed by atoms with van der Waals surface area (Å²) in [6, 6.07) is 14.5. The summed E-state index contributed by atoms with van der Waals surface area (Å²) in [6.07, 6.45) is 5.80. The fourth-order valence-corrected chi connectivity index (χ4v) is 5.43. The molecule has 0 atom stereocenters. The molecule has 2 aromatic carbocycles. The van der Waals surface area contributed by atoms with Crippen molar-refractivity contribution in [2.45, 2.75) is 38.6 Å². The zero-order valence-corrected chi connectivity index (χ0v) is 19.0. The predicted molar refractivity (Wildman–Crippen MR) is 126 cm³/mol. The van der Waals surface area contributed by atoms with Crippen molar-refractivity contribution in [2.75, 3.05) is 18.8 Å². The Hall–Kier alpha value is -2.71. The number of nitrogens with two attached hydrogens (primary N) is 1. The Morgan fingerprint density at radius 2 is 1.81 bits per heavy atom. The number of nitrogens with zero attached hydrogens (tertiary/aromatic N) is 2. The number of sulfonamides is 1. The number of hydrogen-bond donors (Lipinski definition) is 2. The number of nitrogens with one attached hydrogen (secondary N) is 1. The van der Waals surface area contributed by atoms with Crippen molar-refractivity contribution in [1.82, 2.24) is 9.62 Å². The normalized spacial score (nSPS) is 17.0. The van der Waals surface area contributed by atoms with Crippen LogP contribution < -0.4 is 10.5 Å². The maximum Gasteiger partial charge on any atom is 0.213 e. The second kappa shape index (κ2) is 9.83. The van der Waals surface area contributed by atoms with E-state index in [1.165, 1.54) is 19.3 Å². The number of aliphatic imine (C=N–C) groups is 1. The highest BCUT2D eigenvalue weighted by molar-refractivity contribution is 7.89. The Morgan fingerprint density at radius 3 is 2.56 bits per heavy atom. The lowest BCUT2D eigenvalue weighted by Gasteiger charge is -2.28. The van der Waals surface area contributed by atoms with E-state index in [2.05, 4.69) is 9.71 Å². The van der Waals surface area contributed by atoms with Gasteiger partial charge in [-0.2, -0.15) is 0 Å². The third-order valence-corrected chi connectivity index (χ3v) is 7.57. The van der Waals surface area contributed by atoms with Crippen LogP contribution in [0.3, 0.4) is 0 Å². The number of carbonyl (C=O) groups is 1. The van der Waals surface area contributed by atoms with Crippen molar-refractivity contribution in [3.8, 4) is 0 Å². The number of ketones is 1. The van der Waals surface area contributed by atoms with E-state index in [4.69, 9.17) is 5.73 Å². The van der Waals surface area contributed by atoms with Gasteiger partial charge in [-0.1, -0.05) is 49.6 Å². The molecule has 170 valence electrons. The van der Waals surface area contributed by atoms with Gasteiger partial charge in [-0.05, 0) is 42.5 Å². The van der Waals surface area contributed by atoms with Crippen molar-refractivity contribution < 1.29 is 13.2 Å². The van der Waals surface area contributed by atoms with Gasteiger partial charge in [-0.25, -0.2) is 18.1 Å². The van der Waals surface area contributed by atoms with Gasteiger partial charge < -0.3 is 10.6 Å².